The first-order valence-corrected chi connectivity index (χ1v) is 5.20. The molecule has 2 N–H and O–H groups in total. The van der Waals surface area contributed by atoms with Gasteiger partial charge in [0.15, 0.2) is 5.82 Å². The summed E-state index contributed by atoms with van der Waals surface area (Å²) in [5.74, 6) is 0.0956. The Hall–Kier alpha value is -2.02. The van der Waals surface area contributed by atoms with E-state index in [0.29, 0.717) is 16.4 Å². The number of aromatic nitrogens is 5. The normalized spacial score (nSPS) is 12.1. The molecular formula is C9H9ClN6O. The van der Waals surface area contributed by atoms with Crippen molar-refractivity contribution >= 4 is 17.5 Å². The zero-order valence-corrected chi connectivity index (χ0v) is 9.64. The molecule has 0 saturated carbocycles. The van der Waals surface area contributed by atoms with Gasteiger partial charge in [0, 0.05) is 12.4 Å². The quantitative estimate of drug-likeness (QED) is 0.840. The Balaban J connectivity index is 2.10. The molecule has 2 rings (SSSR count). The van der Waals surface area contributed by atoms with Crippen LogP contribution in [0.5, 0.6) is 0 Å². The lowest BCUT2D eigenvalue weighted by Gasteiger charge is -2.10. The van der Waals surface area contributed by atoms with Crippen LogP contribution < -0.4 is 5.32 Å². The van der Waals surface area contributed by atoms with E-state index in [2.05, 4.69) is 30.9 Å². The van der Waals surface area contributed by atoms with Crippen molar-refractivity contribution in [1.82, 2.24) is 30.9 Å². The summed E-state index contributed by atoms with van der Waals surface area (Å²) in [6.07, 6.45) is 2.91. The number of pyridine rings is 1. The lowest BCUT2D eigenvalue weighted by molar-refractivity contribution is 0.0938. The number of nitrogens with one attached hydrogen (secondary N) is 2. The van der Waals surface area contributed by atoms with E-state index in [0.717, 1.165) is 0 Å². The third kappa shape index (κ3) is 2.56. The van der Waals surface area contributed by atoms with Gasteiger partial charge in [-0.15, -0.1) is 10.2 Å². The minimum Gasteiger partial charge on any atom is -0.342 e. The molecule has 0 saturated heterocycles. The van der Waals surface area contributed by atoms with Crippen LogP contribution in [-0.4, -0.2) is 31.5 Å². The van der Waals surface area contributed by atoms with E-state index in [4.69, 9.17) is 11.6 Å². The maximum absolute atomic E-state index is 11.9. The third-order valence-electron chi connectivity index (χ3n) is 2.11. The SMILES string of the molecule is CC(NC(=O)c1ccncc1Cl)c1nn[nH]n1. The van der Waals surface area contributed by atoms with Gasteiger partial charge in [0.25, 0.3) is 5.91 Å². The Bertz CT molecular complexity index is 514. The van der Waals surface area contributed by atoms with Gasteiger partial charge >= 0.3 is 0 Å². The molecule has 0 aliphatic rings. The highest BCUT2D eigenvalue weighted by Crippen LogP contribution is 2.14. The summed E-state index contributed by atoms with van der Waals surface area (Å²) in [6, 6.07) is 1.19. The fraction of sp³-hybridized carbons (Fsp3) is 0.222. The van der Waals surface area contributed by atoms with Crippen LogP contribution >= 0.6 is 11.6 Å². The van der Waals surface area contributed by atoms with Crippen LogP contribution in [0.1, 0.15) is 29.1 Å². The van der Waals surface area contributed by atoms with Crippen molar-refractivity contribution in [2.45, 2.75) is 13.0 Å². The molecule has 0 spiro atoms. The summed E-state index contributed by atoms with van der Waals surface area (Å²) in [4.78, 5) is 15.7. The molecular weight excluding hydrogens is 244 g/mol. The highest BCUT2D eigenvalue weighted by molar-refractivity contribution is 6.33. The molecule has 88 valence electrons. The molecule has 2 aromatic rings. The van der Waals surface area contributed by atoms with Crippen LogP contribution in [0.4, 0.5) is 0 Å². The van der Waals surface area contributed by atoms with Crippen molar-refractivity contribution in [1.29, 1.82) is 0 Å². The largest absolute Gasteiger partial charge is 0.342 e. The Morgan fingerprint density at radius 3 is 3.06 bits per heavy atom. The fourth-order valence-corrected chi connectivity index (χ4v) is 1.46. The molecule has 17 heavy (non-hydrogen) atoms. The smallest absolute Gasteiger partial charge is 0.253 e. The molecule has 0 radical (unpaired) electrons. The summed E-state index contributed by atoms with van der Waals surface area (Å²) >= 11 is 5.85. The molecule has 7 nitrogen and oxygen atoms in total. The van der Waals surface area contributed by atoms with Crippen LogP contribution in [0.25, 0.3) is 0 Å². The van der Waals surface area contributed by atoms with Gasteiger partial charge in [-0.1, -0.05) is 16.8 Å². The molecule has 0 aliphatic heterocycles. The molecule has 0 fully saturated rings. The van der Waals surface area contributed by atoms with Crippen LogP contribution in [0.3, 0.4) is 0 Å². The van der Waals surface area contributed by atoms with Gasteiger partial charge in [0.1, 0.15) is 0 Å². The van der Waals surface area contributed by atoms with E-state index in [1.807, 2.05) is 0 Å². The molecule has 2 heterocycles. The van der Waals surface area contributed by atoms with E-state index in [1.54, 1.807) is 13.0 Å². The first-order valence-electron chi connectivity index (χ1n) is 4.82. The number of carbonyl (C=O) groups is 1. The van der Waals surface area contributed by atoms with Gasteiger partial charge < -0.3 is 5.32 Å². The predicted molar refractivity (Wildman–Crippen MR) is 59.3 cm³/mol. The van der Waals surface area contributed by atoms with Crippen molar-refractivity contribution in [2.24, 2.45) is 0 Å². The summed E-state index contributed by atoms with van der Waals surface area (Å²) in [5.41, 5.74) is 0.358. The number of nitrogens with zero attached hydrogens (tertiary/aromatic N) is 4. The minimum absolute atomic E-state index is 0.297. The second-order valence-electron chi connectivity index (χ2n) is 3.32. The van der Waals surface area contributed by atoms with Gasteiger partial charge in [0.2, 0.25) is 0 Å². The highest BCUT2D eigenvalue weighted by Gasteiger charge is 2.16. The van der Waals surface area contributed by atoms with Gasteiger partial charge in [0.05, 0.1) is 16.6 Å². The number of halogens is 1. The highest BCUT2D eigenvalue weighted by atomic mass is 35.5. The van der Waals surface area contributed by atoms with E-state index in [1.165, 1.54) is 12.4 Å². The van der Waals surface area contributed by atoms with Crippen molar-refractivity contribution in [3.8, 4) is 0 Å². The molecule has 1 atom stereocenters. The molecule has 2 aromatic heterocycles. The predicted octanol–water partition coefficient (Wildman–Crippen LogP) is 0.739. The topological polar surface area (TPSA) is 96.5 Å². The third-order valence-corrected chi connectivity index (χ3v) is 2.41. The molecule has 1 unspecified atom stereocenters. The first-order chi connectivity index (χ1) is 8.18. The Kier molecular flexibility index (Phi) is 3.29. The average molecular weight is 253 g/mol. The monoisotopic (exact) mass is 252 g/mol. The summed E-state index contributed by atoms with van der Waals surface area (Å²) < 4.78 is 0. The van der Waals surface area contributed by atoms with Gasteiger partial charge in [-0.05, 0) is 13.0 Å². The number of hydrogen-bond acceptors (Lipinski definition) is 5. The number of rotatable bonds is 3. The maximum Gasteiger partial charge on any atom is 0.253 e. The average Bonchev–Trinajstić information content (AvgIpc) is 2.82. The zero-order chi connectivity index (χ0) is 12.3. The minimum atomic E-state index is -0.356. The summed E-state index contributed by atoms with van der Waals surface area (Å²) in [6.45, 7) is 1.75. The maximum atomic E-state index is 11.9. The second kappa shape index (κ2) is 4.88. The Morgan fingerprint density at radius 1 is 1.59 bits per heavy atom. The van der Waals surface area contributed by atoms with Crippen molar-refractivity contribution < 1.29 is 4.79 Å². The molecule has 0 aromatic carbocycles. The van der Waals surface area contributed by atoms with Crippen molar-refractivity contribution in [2.75, 3.05) is 0 Å². The Labute approximate surface area is 102 Å². The Morgan fingerprint density at radius 2 is 2.41 bits per heavy atom. The fourth-order valence-electron chi connectivity index (χ4n) is 1.25. The van der Waals surface area contributed by atoms with E-state index in [9.17, 15) is 4.79 Å². The molecule has 0 aliphatic carbocycles. The number of H-pyrrole nitrogens is 1. The van der Waals surface area contributed by atoms with Crippen LogP contribution in [0.2, 0.25) is 5.02 Å². The first kappa shape index (κ1) is 11.5. The molecule has 1 amide bonds. The molecule has 0 bridgehead atoms. The lowest BCUT2D eigenvalue weighted by atomic mass is 10.2. The van der Waals surface area contributed by atoms with Crippen LogP contribution in [0, 0.1) is 0 Å². The lowest BCUT2D eigenvalue weighted by Crippen LogP contribution is -2.27. The number of carbonyl (C=O) groups excluding carboxylic acids is 1. The summed E-state index contributed by atoms with van der Waals surface area (Å²) in [7, 11) is 0. The molecule has 8 heteroatoms. The van der Waals surface area contributed by atoms with Gasteiger partial charge in [-0.3, -0.25) is 9.78 Å². The van der Waals surface area contributed by atoms with E-state index < -0.39 is 0 Å². The number of aromatic amines is 1. The summed E-state index contributed by atoms with van der Waals surface area (Å²) in [5, 5.41) is 16.3. The van der Waals surface area contributed by atoms with Gasteiger partial charge in [-0.2, -0.15) is 5.21 Å². The number of amides is 1. The number of hydrogen-bond donors (Lipinski definition) is 2. The second-order valence-corrected chi connectivity index (χ2v) is 3.73. The van der Waals surface area contributed by atoms with E-state index in [-0.39, 0.29) is 11.9 Å². The van der Waals surface area contributed by atoms with Gasteiger partial charge in [-0.25, -0.2) is 0 Å². The van der Waals surface area contributed by atoms with E-state index >= 15 is 0 Å². The van der Waals surface area contributed by atoms with Crippen LogP contribution in [0.15, 0.2) is 18.5 Å². The van der Waals surface area contributed by atoms with Crippen molar-refractivity contribution in [3.63, 3.8) is 0 Å². The zero-order valence-electron chi connectivity index (χ0n) is 8.88. The van der Waals surface area contributed by atoms with Crippen LogP contribution in [-0.2, 0) is 0 Å². The standard InChI is InChI=1S/C9H9ClN6O/c1-5(8-13-15-16-14-8)12-9(17)6-2-3-11-4-7(6)10/h2-5H,1H3,(H,12,17)(H,13,14,15,16). The number of tetrazole rings is 1. The van der Waals surface area contributed by atoms with Crippen molar-refractivity contribution in [3.05, 3.63) is 34.9 Å².